The van der Waals surface area contributed by atoms with Gasteiger partial charge in [-0.2, -0.15) is 0 Å². The molecule has 0 unspecified atom stereocenters. The molecule has 0 bridgehead atoms. The Morgan fingerprint density at radius 2 is 1.94 bits per heavy atom. The Morgan fingerprint density at radius 3 is 2.68 bits per heavy atom. The maximum Gasteiger partial charge on any atom is 0.258 e. The average molecular weight is 436 g/mol. The van der Waals surface area contributed by atoms with Crippen LogP contribution in [0.1, 0.15) is 28.9 Å². The van der Waals surface area contributed by atoms with E-state index < -0.39 is 0 Å². The van der Waals surface area contributed by atoms with Crippen molar-refractivity contribution in [3.63, 3.8) is 0 Å². The van der Waals surface area contributed by atoms with Gasteiger partial charge in [0, 0.05) is 49.1 Å². The smallest absolute Gasteiger partial charge is 0.258 e. The summed E-state index contributed by atoms with van der Waals surface area (Å²) in [5, 5.41) is 6.86. The molecule has 0 radical (unpaired) electrons. The number of amides is 1. The van der Waals surface area contributed by atoms with E-state index >= 15 is 0 Å². The van der Waals surface area contributed by atoms with E-state index in [4.69, 9.17) is 11.6 Å². The van der Waals surface area contributed by atoms with Crippen molar-refractivity contribution in [1.82, 2.24) is 9.97 Å². The third-order valence-corrected chi connectivity index (χ3v) is 5.81. The number of pyridine rings is 2. The zero-order chi connectivity index (χ0) is 21.6. The number of aryl methyl sites for hydroxylation is 1. The van der Waals surface area contributed by atoms with Gasteiger partial charge in [0.2, 0.25) is 0 Å². The van der Waals surface area contributed by atoms with Crippen LogP contribution in [-0.4, -0.2) is 35.5 Å². The number of carbonyl (C=O) groups is 1. The van der Waals surface area contributed by atoms with Crippen LogP contribution in [0.3, 0.4) is 0 Å². The van der Waals surface area contributed by atoms with Crippen molar-refractivity contribution in [2.24, 2.45) is 5.92 Å². The topological polar surface area (TPSA) is 70.2 Å². The van der Waals surface area contributed by atoms with E-state index in [9.17, 15) is 4.79 Å². The highest BCUT2D eigenvalue weighted by Gasteiger charge is 2.20. The molecule has 1 aliphatic rings. The minimum absolute atomic E-state index is 0.194. The summed E-state index contributed by atoms with van der Waals surface area (Å²) >= 11 is 5.87. The first kappa shape index (κ1) is 21.1. The van der Waals surface area contributed by atoms with Crippen molar-refractivity contribution in [1.29, 1.82) is 0 Å². The van der Waals surface area contributed by atoms with E-state index in [-0.39, 0.29) is 5.91 Å². The van der Waals surface area contributed by atoms with Gasteiger partial charge in [-0.15, -0.1) is 0 Å². The van der Waals surface area contributed by atoms with Gasteiger partial charge in [-0.3, -0.25) is 9.78 Å². The van der Waals surface area contributed by atoms with E-state index in [0.29, 0.717) is 22.3 Å². The molecule has 1 aromatic carbocycles. The Hall–Kier alpha value is -3.12. The largest absolute Gasteiger partial charge is 0.384 e. The zero-order valence-electron chi connectivity index (χ0n) is 17.5. The number of hydrogen-bond donors (Lipinski definition) is 2. The molecule has 7 heteroatoms. The zero-order valence-corrected chi connectivity index (χ0v) is 18.3. The van der Waals surface area contributed by atoms with Gasteiger partial charge < -0.3 is 15.5 Å². The van der Waals surface area contributed by atoms with Crippen LogP contribution < -0.4 is 15.5 Å². The van der Waals surface area contributed by atoms with Crippen molar-refractivity contribution >= 4 is 34.7 Å². The molecule has 6 nitrogen and oxygen atoms in total. The Labute approximate surface area is 187 Å². The van der Waals surface area contributed by atoms with E-state index in [2.05, 4.69) is 37.6 Å². The lowest BCUT2D eigenvalue weighted by molar-refractivity contribution is 0.102. The van der Waals surface area contributed by atoms with E-state index in [1.165, 1.54) is 11.9 Å². The highest BCUT2D eigenvalue weighted by atomic mass is 35.5. The summed E-state index contributed by atoms with van der Waals surface area (Å²) in [5.41, 5.74) is 3.73. The first-order chi connectivity index (χ1) is 15.1. The van der Waals surface area contributed by atoms with Gasteiger partial charge in [-0.05, 0) is 62.1 Å². The van der Waals surface area contributed by atoms with Crippen molar-refractivity contribution in [3.05, 3.63) is 77.2 Å². The fraction of sp³-hybridized carbons (Fsp3) is 0.292. The third-order valence-electron chi connectivity index (χ3n) is 5.58. The quantitative estimate of drug-likeness (QED) is 0.569. The van der Waals surface area contributed by atoms with Crippen LogP contribution in [0, 0.1) is 12.8 Å². The second-order valence-electron chi connectivity index (χ2n) is 7.83. The highest BCUT2D eigenvalue weighted by Crippen LogP contribution is 2.25. The lowest BCUT2D eigenvalue weighted by atomic mass is 9.96. The van der Waals surface area contributed by atoms with Gasteiger partial charge >= 0.3 is 0 Å². The lowest BCUT2D eigenvalue weighted by Gasteiger charge is -2.34. The van der Waals surface area contributed by atoms with Gasteiger partial charge in [0.25, 0.3) is 5.91 Å². The summed E-state index contributed by atoms with van der Waals surface area (Å²) < 4.78 is 0. The van der Waals surface area contributed by atoms with Crippen molar-refractivity contribution < 1.29 is 4.79 Å². The number of anilines is 3. The van der Waals surface area contributed by atoms with Crippen LogP contribution in [0.5, 0.6) is 0 Å². The molecule has 3 aromatic rings. The lowest BCUT2D eigenvalue weighted by Crippen LogP contribution is -2.36. The molecular formula is C24H26ClN5O. The van der Waals surface area contributed by atoms with Crippen LogP contribution in [-0.2, 0) is 0 Å². The summed E-state index contributed by atoms with van der Waals surface area (Å²) in [6, 6.07) is 15.2. The first-order valence-corrected chi connectivity index (χ1v) is 10.9. The molecule has 3 heterocycles. The number of rotatable bonds is 6. The van der Waals surface area contributed by atoms with Crippen LogP contribution >= 0.6 is 11.6 Å². The van der Waals surface area contributed by atoms with Gasteiger partial charge in [-0.1, -0.05) is 23.7 Å². The number of aromatic nitrogens is 2. The number of para-hydroxylation sites is 1. The molecular weight excluding hydrogens is 410 g/mol. The molecule has 1 fully saturated rings. The standard InChI is InChI=1S/C24H26ClN5O/c1-17-14-20(8-11-26-17)30-12-9-18(10-13-30)15-27-22-5-3-2-4-21(22)24(31)29-23-7-6-19(25)16-28-23/h2-8,11,14,16,18,27H,9-10,12-13,15H2,1H3,(H,28,29,31). The Bertz CT molecular complexity index is 1030. The molecule has 160 valence electrons. The predicted molar refractivity (Wildman–Crippen MR) is 126 cm³/mol. The van der Waals surface area contributed by atoms with E-state index in [1.807, 2.05) is 37.4 Å². The number of benzene rings is 1. The molecule has 31 heavy (non-hydrogen) atoms. The highest BCUT2D eigenvalue weighted by molar-refractivity contribution is 6.30. The average Bonchev–Trinajstić information content (AvgIpc) is 2.80. The number of nitrogens with zero attached hydrogens (tertiary/aromatic N) is 3. The van der Waals surface area contributed by atoms with Gasteiger partial charge in [0.15, 0.2) is 0 Å². The normalized spacial score (nSPS) is 14.3. The van der Waals surface area contributed by atoms with Gasteiger partial charge in [0.05, 0.1) is 10.6 Å². The predicted octanol–water partition coefficient (Wildman–Crippen LogP) is 5.02. The maximum atomic E-state index is 12.8. The fourth-order valence-electron chi connectivity index (χ4n) is 3.85. The first-order valence-electron chi connectivity index (χ1n) is 10.5. The van der Waals surface area contributed by atoms with Gasteiger partial charge in [0.1, 0.15) is 5.82 Å². The summed E-state index contributed by atoms with van der Waals surface area (Å²) in [4.78, 5) is 23.6. The number of halogens is 1. The van der Waals surface area contributed by atoms with Gasteiger partial charge in [-0.25, -0.2) is 4.98 Å². The van der Waals surface area contributed by atoms with Crippen molar-refractivity contribution in [2.45, 2.75) is 19.8 Å². The van der Waals surface area contributed by atoms with E-state index in [1.54, 1.807) is 12.1 Å². The second kappa shape index (κ2) is 9.79. The molecule has 0 aliphatic carbocycles. The summed E-state index contributed by atoms with van der Waals surface area (Å²) in [5.74, 6) is 0.844. The minimum atomic E-state index is -0.194. The Kier molecular flexibility index (Phi) is 6.67. The maximum absolute atomic E-state index is 12.8. The molecule has 2 aromatic heterocycles. The number of hydrogen-bond acceptors (Lipinski definition) is 5. The molecule has 1 aliphatic heterocycles. The van der Waals surface area contributed by atoms with Crippen molar-refractivity contribution in [3.8, 4) is 0 Å². The summed E-state index contributed by atoms with van der Waals surface area (Å²) in [7, 11) is 0. The van der Waals surface area contributed by atoms with Crippen LogP contribution in [0.4, 0.5) is 17.2 Å². The molecule has 0 atom stereocenters. The number of carbonyl (C=O) groups excluding carboxylic acids is 1. The van der Waals surface area contributed by atoms with Crippen LogP contribution in [0.25, 0.3) is 0 Å². The number of piperidine rings is 1. The molecule has 1 saturated heterocycles. The molecule has 2 N–H and O–H groups in total. The minimum Gasteiger partial charge on any atom is -0.384 e. The Morgan fingerprint density at radius 1 is 1.13 bits per heavy atom. The molecule has 4 rings (SSSR count). The molecule has 0 spiro atoms. The summed E-state index contributed by atoms with van der Waals surface area (Å²) in [6.07, 6.45) is 5.61. The monoisotopic (exact) mass is 435 g/mol. The van der Waals surface area contributed by atoms with Crippen molar-refractivity contribution in [2.75, 3.05) is 35.2 Å². The second-order valence-corrected chi connectivity index (χ2v) is 8.26. The van der Waals surface area contributed by atoms with E-state index in [0.717, 1.165) is 43.9 Å². The SMILES string of the molecule is Cc1cc(N2CCC(CNc3ccccc3C(=O)Nc3ccc(Cl)cn3)CC2)ccn1. The number of nitrogens with one attached hydrogen (secondary N) is 2. The molecule has 1 amide bonds. The summed E-state index contributed by atoms with van der Waals surface area (Å²) in [6.45, 7) is 4.92. The van der Waals surface area contributed by atoms with Crippen LogP contribution in [0.2, 0.25) is 5.02 Å². The van der Waals surface area contributed by atoms with Crippen LogP contribution in [0.15, 0.2) is 60.9 Å². The fourth-order valence-corrected chi connectivity index (χ4v) is 3.96. The third kappa shape index (κ3) is 5.52. The Balaban J connectivity index is 1.33. The molecule has 0 saturated carbocycles.